The second-order valence-electron chi connectivity index (χ2n) is 17.4. The Hall–Kier alpha value is -6.86. The van der Waals surface area contributed by atoms with Crippen LogP contribution >= 0.6 is 0 Å². The van der Waals surface area contributed by atoms with Gasteiger partial charge in [-0.15, -0.1) is 20.5 Å². The Morgan fingerprint density at radius 3 is 1.48 bits per heavy atom. The van der Waals surface area contributed by atoms with Crippen LogP contribution in [-0.4, -0.2) is 6.04 Å². The van der Waals surface area contributed by atoms with Crippen LogP contribution in [0.15, 0.2) is 178 Å². The van der Waals surface area contributed by atoms with Crippen molar-refractivity contribution in [1.82, 2.24) is 0 Å². The third-order valence-corrected chi connectivity index (χ3v) is 12.9. The summed E-state index contributed by atoms with van der Waals surface area (Å²) in [6, 6.07) is 53.9. The zero-order valence-corrected chi connectivity index (χ0v) is 37.6. The largest absolute Gasteiger partial charge is 0.399 e. The van der Waals surface area contributed by atoms with Gasteiger partial charge >= 0.3 is 0 Å². The number of benzene rings is 8. The molecule has 1 atom stereocenters. The highest BCUT2D eigenvalue weighted by molar-refractivity contribution is 6.02. The zero-order valence-electron chi connectivity index (χ0n) is 37.6. The van der Waals surface area contributed by atoms with E-state index in [1.807, 2.05) is 97.1 Å². The summed E-state index contributed by atoms with van der Waals surface area (Å²) in [5.74, 6) is 1.76. The standard InChI is InChI=1S/C34H30N6.C23H31N/c1-3-22(2)36-30-18-19-32(26-13-7-6-12-25(26)30)38-40-34-21-20-33(27-14-8-9-15-28(27)34)39-37-31-17-16-29(35)23-10-4-5-11-24(23)31;1-2-3-4-5-18-6-8-19(9-7-18)20-10-12-21(13-11-20)22-14-16-23(24)17-15-22/h4-22,36H,3,35H2,1-2H3;10-19H,2-9,24H2,1H3. The molecule has 1 fully saturated rings. The minimum absolute atomic E-state index is 0.386. The molecule has 0 amide bonds. The van der Waals surface area contributed by atoms with E-state index in [1.165, 1.54) is 68.1 Å². The Morgan fingerprint density at radius 2 is 0.953 bits per heavy atom. The number of hydrogen-bond acceptors (Lipinski definition) is 7. The zero-order chi connectivity index (χ0) is 44.3. The van der Waals surface area contributed by atoms with E-state index < -0.39 is 0 Å². The number of rotatable bonds is 13. The Balaban J connectivity index is 0.000000199. The summed E-state index contributed by atoms with van der Waals surface area (Å²) in [6.45, 7) is 6.67. The van der Waals surface area contributed by atoms with Crippen LogP contribution in [0.25, 0.3) is 43.4 Å². The number of fused-ring (bicyclic) bond motifs is 3. The first kappa shape index (κ1) is 43.8. The van der Waals surface area contributed by atoms with Gasteiger partial charge in [-0.3, -0.25) is 0 Å². The second-order valence-corrected chi connectivity index (χ2v) is 17.4. The van der Waals surface area contributed by atoms with E-state index in [9.17, 15) is 0 Å². The quantitative estimate of drug-likeness (QED) is 0.0610. The Labute approximate surface area is 378 Å². The molecule has 0 heterocycles. The third kappa shape index (κ3) is 10.5. The van der Waals surface area contributed by atoms with E-state index in [-0.39, 0.29) is 0 Å². The Kier molecular flexibility index (Phi) is 14.4. The smallest absolute Gasteiger partial charge is 0.0936 e. The van der Waals surface area contributed by atoms with E-state index in [0.29, 0.717) is 6.04 Å². The maximum atomic E-state index is 6.16. The SMILES string of the molecule is CCC(C)Nc1ccc(N=Nc2ccc(N=Nc3ccc(N)c4ccccc34)c3ccccc23)c2ccccc12.CCCCCC1CCC(c2ccc(-c3ccc(N)cc3)cc2)CC1. The summed E-state index contributed by atoms with van der Waals surface area (Å²) in [5, 5.41) is 28.3. The lowest BCUT2D eigenvalue weighted by Crippen LogP contribution is -2.13. The minimum atomic E-state index is 0.386. The van der Waals surface area contributed by atoms with Crippen molar-refractivity contribution in [3.63, 3.8) is 0 Å². The number of nitrogens with one attached hydrogen (secondary N) is 1. The highest BCUT2D eigenvalue weighted by Gasteiger charge is 2.22. The molecule has 0 aromatic heterocycles. The number of unbranched alkanes of at least 4 members (excludes halogenated alkanes) is 2. The number of azo groups is 2. The molecule has 324 valence electrons. The van der Waals surface area contributed by atoms with Crippen LogP contribution in [0.4, 0.5) is 39.8 Å². The highest BCUT2D eigenvalue weighted by Crippen LogP contribution is 2.40. The monoisotopic (exact) mass is 843 g/mol. The first-order valence-corrected chi connectivity index (χ1v) is 23.2. The maximum Gasteiger partial charge on any atom is 0.0936 e. The third-order valence-electron chi connectivity index (χ3n) is 12.9. The van der Waals surface area contributed by atoms with Gasteiger partial charge < -0.3 is 16.8 Å². The molecule has 1 unspecified atom stereocenters. The number of nitrogen functional groups attached to an aromatic ring is 2. The molecule has 0 bridgehead atoms. The molecular formula is C57H61N7. The topological polar surface area (TPSA) is 114 Å². The summed E-state index contributed by atoms with van der Waals surface area (Å²) in [4.78, 5) is 0. The summed E-state index contributed by atoms with van der Waals surface area (Å²) in [6.07, 6.45) is 12.3. The van der Waals surface area contributed by atoms with E-state index in [4.69, 9.17) is 16.6 Å². The molecule has 0 saturated heterocycles. The van der Waals surface area contributed by atoms with E-state index in [1.54, 1.807) is 0 Å². The predicted octanol–water partition coefficient (Wildman–Crippen LogP) is 17.6. The van der Waals surface area contributed by atoms with Crippen molar-refractivity contribution in [1.29, 1.82) is 0 Å². The van der Waals surface area contributed by atoms with Crippen molar-refractivity contribution >= 4 is 72.1 Å². The average Bonchev–Trinajstić information content (AvgIpc) is 3.34. The van der Waals surface area contributed by atoms with Crippen LogP contribution in [-0.2, 0) is 0 Å². The predicted molar refractivity (Wildman–Crippen MR) is 273 cm³/mol. The van der Waals surface area contributed by atoms with Gasteiger partial charge in [-0.2, -0.15) is 0 Å². The van der Waals surface area contributed by atoms with Crippen LogP contribution in [0, 0.1) is 5.92 Å². The molecule has 5 N–H and O–H groups in total. The van der Waals surface area contributed by atoms with Crippen molar-refractivity contribution in [2.24, 2.45) is 26.4 Å². The lowest BCUT2D eigenvalue weighted by molar-refractivity contribution is 0.303. The molecule has 7 nitrogen and oxygen atoms in total. The molecule has 8 aromatic carbocycles. The highest BCUT2D eigenvalue weighted by atomic mass is 15.1. The summed E-state index contributed by atoms with van der Waals surface area (Å²) >= 11 is 0. The van der Waals surface area contributed by atoms with Crippen LogP contribution < -0.4 is 16.8 Å². The lowest BCUT2D eigenvalue weighted by Gasteiger charge is -2.29. The molecule has 1 aliphatic carbocycles. The van der Waals surface area contributed by atoms with Gasteiger partial charge in [0.05, 0.1) is 22.7 Å². The first-order valence-electron chi connectivity index (χ1n) is 23.2. The van der Waals surface area contributed by atoms with E-state index in [0.717, 1.165) is 90.4 Å². The summed E-state index contributed by atoms with van der Waals surface area (Å²) in [7, 11) is 0. The van der Waals surface area contributed by atoms with E-state index >= 15 is 0 Å². The Morgan fingerprint density at radius 1 is 0.500 bits per heavy atom. The van der Waals surface area contributed by atoms with Gasteiger partial charge in [0, 0.05) is 55.4 Å². The van der Waals surface area contributed by atoms with Crippen molar-refractivity contribution in [3.8, 4) is 11.1 Å². The molecule has 64 heavy (non-hydrogen) atoms. The van der Waals surface area contributed by atoms with Gasteiger partial charge in [0.25, 0.3) is 0 Å². The number of nitrogens with two attached hydrogens (primary N) is 2. The fourth-order valence-corrected chi connectivity index (χ4v) is 9.01. The average molecular weight is 844 g/mol. The van der Waals surface area contributed by atoms with Crippen LogP contribution in [0.5, 0.6) is 0 Å². The molecule has 1 saturated carbocycles. The van der Waals surface area contributed by atoms with Gasteiger partial charge in [-0.1, -0.05) is 149 Å². The van der Waals surface area contributed by atoms with Gasteiger partial charge in [0.15, 0.2) is 0 Å². The molecule has 0 radical (unpaired) electrons. The fourth-order valence-electron chi connectivity index (χ4n) is 9.01. The van der Waals surface area contributed by atoms with Crippen molar-refractivity contribution in [2.75, 3.05) is 16.8 Å². The molecule has 0 spiro atoms. The van der Waals surface area contributed by atoms with Crippen LogP contribution in [0.2, 0.25) is 0 Å². The van der Waals surface area contributed by atoms with Crippen molar-refractivity contribution in [3.05, 3.63) is 163 Å². The molecular weight excluding hydrogens is 783 g/mol. The normalized spacial score (nSPS) is 15.7. The molecule has 7 heteroatoms. The van der Waals surface area contributed by atoms with Crippen molar-refractivity contribution < 1.29 is 0 Å². The minimum Gasteiger partial charge on any atom is -0.399 e. The molecule has 0 aliphatic heterocycles. The van der Waals surface area contributed by atoms with Gasteiger partial charge in [0.2, 0.25) is 0 Å². The van der Waals surface area contributed by atoms with Gasteiger partial charge in [-0.05, 0) is 116 Å². The van der Waals surface area contributed by atoms with Crippen LogP contribution in [0.1, 0.15) is 90.0 Å². The molecule has 1 aliphatic rings. The summed E-state index contributed by atoms with van der Waals surface area (Å²) < 4.78 is 0. The number of anilines is 3. The van der Waals surface area contributed by atoms with E-state index in [2.05, 4.69) is 102 Å². The lowest BCUT2D eigenvalue weighted by atomic mass is 9.77. The molecule has 9 rings (SSSR count). The summed E-state index contributed by atoms with van der Waals surface area (Å²) in [5.41, 5.74) is 21.8. The fraction of sp³-hybridized carbons (Fsp3) is 0.263. The number of nitrogens with zero attached hydrogens (tertiary/aromatic N) is 4. The maximum absolute atomic E-state index is 6.16. The second kappa shape index (κ2) is 21.0. The van der Waals surface area contributed by atoms with Crippen LogP contribution in [0.3, 0.4) is 0 Å². The Bertz CT molecular complexity index is 2860. The van der Waals surface area contributed by atoms with Gasteiger partial charge in [0.1, 0.15) is 0 Å². The number of hydrogen-bond donors (Lipinski definition) is 3. The van der Waals surface area contributed by atoms with Gasteiger partial charge in [-0.25, -0.2) is 0 Å². The first-order chi connectivity index (χ1) is 31.4. The molecule has 8 aromatic rings. The van der Waals surface area contributed by atoms with Crippen molar-refractivity contribution in [2.45, 2.75) is 90.5 Å².